The molecule has 5 heteroatoms. The first kappa shape index (κ1) is 21.2. The van der Waals surface area contributed by atoms with Gasteiger partial charge >= 0.3 is 0 Å². The van der Waals surface area contributed by atoms with Crippen molar-refractivity contribution in [3.63, 3.8) is 0 Å². The van der Waals surface area contributed by atoms with Crippen LogP contribution in [0, 0.1) is 0 Å². The van der Waals surface area contributed by atoms with Crippen LogP contribution in [-0.2, 0) is 0 Å². The molecule has 2 fully saturated rings. The van der Waals surface area contributed by atoms with Gasteiger partial charge < -0.3 is 10.2 Å². The van der Waals surface area contributed by atoms with Crippen LogP contribution in [0.3, 0.4) is 0 Å². The predicted octanol–water partition coefficient (Wildman–Crippen LogP) is 8.65. The van der Waals surface area contributed by atoms with Crippen molar-refractivity contribution in [2.75, 3.05) is 0 Å². The molecule has 0 aliphatic heterocycles. The summed E-state index contributed by atoms with van der Waals surface area (Å²) in [7, 11) is 0. The zero-order valence-corrected chi connectivity index (χ0v) is 18.9. The molecule has 0 bridgehead atoms. The van der Waals surface area contributed by atoms with Crippen molar-refractivity contribution in [3.8, 4) is 11.5 Å². The van der Waals surface area contributed by atoms with Gasteiger partial charge in [0.2, 0.25) is 0 Å². The van der Waals surface area contributed by atoms with Crippen LogP contribution >= 0.6 is 35.0 Å². The third-order valence-electron chi connectivity index (χ3n) is 6.45. The van der Waals surface area contributed by atoms with Gasteiger partial charge in [-0.1, -0.05) is 73.5 Å². The number of benzene rings is 2. The molecule has 2 saturated carbocycles. The number of aromatic hydroxyl groups is 2. The van der Waals surface area contributed by atoms with E-state index in [-0.39, 0.29) is 0 Å². The minimum Gasteiger partial charge on any atom is -0.506 e. The average Bonchev–Trinajstić information content (AvgIpc) is 2.74. The molecule has 0 spiro atoms. The summed E-state index contributed by atoms with van der Waals surface area (Å²) in [6.45, 7) is 0. The predicted molar refractivity (Wildman–Crippen MR) is 122 cm³/mol. The summed E-state index contributed by atoms with van der Waals surface area (Å²) >= 11 is 14.2. The highest BCUT2D eigenvalue weighted by Gasteiger charge is 2.24. The normalized spacial score (nSPS) is 18.8. The van der Waals surface area contributed by atoms with Crippen LogP contribution in [0.2, 0.25) is 10.0 Å². The van der Waals surface area contributed by atoms with Crippen LogP contribution < -0.4 is 0 Å². The van der Waals surface area contributed by atoms with E-state index in [1.807, 2.05) is 12.1 Å². The number of rotatable bonds is 4. The van der Waals surface area contributed by atoms with Gasteiger partial charge in [0.15, 0.2) is 0 Å². The molecular formula is C24H28Cl2O2S. The highest BCUT2D eigenvalue weighted by molar-refractivity contribution is 7.99. The van der Waals surface area contributed by atoms with Gasteiger partial charge in [-0.3, -0.25) is 0 Å². The Hall–Kier alpha value is -1.03. The molecular weight excluding hydrogens is 423 g/mol. The van der Waals surface area contributed by atoms with E-state index in [4.69, 9.17) is 23.2 Å². The molecule has 2 aliphatic carbocycles. The van der Waals surface area contributed by atoms with Crippen LogP contribution in [0.5, 0.6) is 11.5 Å². The van der Waals surface area contributed by atoms with Crippen molar-refractivity contribution in [1.29, 1.82) is 0 Å². The summed E-state index contributed by atoms with van der Waals surface area (Å²) < 4.78 is 0. The van der Waals surface area contributed by atoms with Crippen molar-refractivity contribution in [2.45, 2.75) is 85.8 Å². The van der Waals surface area contributed by atoms with Gasteiger partial charge in [-0.2, -0.15) is 0 Å². The second kappa shape index (κ2) is 9.41. The van der Waals surface area contributed by atoms with E-state index in [0.717, 1.165) is 36.8 Å². The van der Waals surface area contributed by atoms with E-state index in [0.29, 0.717) is 43.2 Å². The maximum absolute atomic E-state index is 11.0. The first-order chi connectivity index (χ1) is 14.0. The van der Waals surface area contributed by atoms with Crippen LogP contribution in [0.15, 0.2) is 34.1 Å². The fraction of sp³-hybridized carbons (Fsp3) is 0.500. The molecule has 2 aliphatic rings. The van der Waals surface area contributed by atoms with Gasteiger partial charge in [0.1, 0.15) is 11.5 Å². The zero-order chi connectivity index (χ0) is 20.4. The average molecular weight is 451 g/mol. The summed E-state index contributed by atoms with van der Waals surface area (Å²) in [6, 6.07) is 7.38. The maximum Gasteiger partial charge on any atom is 0.133 e. The topological polar surface area (TPSA) is 40.5 Å². The van der Waals surface area contributed by atoms with E-state index < -0.39 is 0 Å². The molecule has 2 N–H and O–H groups in total. The number of phenolic OH excluding ortho intramolecular Hbond substituents is 2. The van der Waals surface area contributed by atoms with Crippen LogP contribution in [0.4, 0.5) is 0 Å². The van der Waals surface area contributed by atoms with Gasteiger partial charge in [-0.25, -0.2) is 0 Å². The van der Waals surface area contributed by atoms with Gasteiger partial charge in [0, 0.05) is 10.0 Å². The summed E-state index contributed by atoms with van der Waals surface area (Å²) in [5.41, 5.74) is 1.88. The Labute approximate surface area is 187 Å². The second-order valence-corrected chi connectivity index (χ2v) is 10.4. The zero-order valence-electron chi connectivity index (χ0n) is 16.6. The fourth-order valence-corrected chi connectivity index (χ4v) is 6.53. The third-order valence-corrected chi connectivity index (χ3v) is 7.95. The first-order valence-corrected chi connectivity index (χ1v) is 12.3. The third kappa shape index (κ3) is 4.84. The SMILES string of the molecule is Oc1c(Sc2cc(Cl)cc(C3CCCCC3)c2O)cc(Cl)cc1C1CCCCC1. The first-order valence-electron chi connectivity index (χ1n) is 10.8. The molecule has 0 saturated heterocycles. The highest BCUT2D eigenvalue weighted by Crippen LogP contribution is 2.49. The Morgan fingerprint density at radius 3 is 1.38 bits per heavy atom. The molecule has 0 aromatic heterocycles. The Balaban J connectivity index is 1.67. The molecule has 0 atom stereocenters. The number of hydrogen-bond donors (Lipinski definition) is 2. The quantitative estimate of drug-likeness (QED) is 0.489. The van der Waals surface area contributed by atoms with Crippen molar-refractivity contribution in [1.82, 2.24) is 0 Å². The summed E-state index contributed by atoms with van der Waals surface area (Å²) in [5, 5.41) is 23.3. The molecule has 2 aromatic rings. The smallest absolute Gasteiger partial charge is 0.133 e. The Kier molecular flexibility index (Phi) is 6.88. The molecule has 29 heavy (non-hydrogen) atoms. The van der Waals surface area contributed by atoms with Gasteiger partial charge in [-0.15, -0.1) is 0 Å². The monoisotopic (exact) mass is 450 g/mol. The van der Waals surface area contributed by atoms with E-state index >= 15 is 0 Å². The van der Waals surface area contributed by atoms with Gasteiger partial charge in [-0.05, 0) is 72.9 Å². The van der Waals surface area contributed by atoms with E-state index in [9.17, 15) is 10.2 Å². The second-order valence-electron chi connectivity index (χ2n) is 8.46. The van der Waals surface area contributed by atoms with Crippen molar-refractivity contribution in [3.05, 3.63) is 45.4 Å². The molecule has 0 unspecified atom stereocenters. The van der Waals surface area contributed by atoms with Crippen LogP contribution in [0.25, 0.3) is 0 Å². The number of phenols is 2. The van der Waals surface area contributed by atoms with E-state index in [1.54, 1.807) is 12.1 Å². The standard InChI is InChI=1S/C24H28Cl2O2S/c25-17-11-19(15-7-3-1-4-8-15)23(27)21(13-17)29-22-14-18(26)12-20(24(22)28)16-9-5-2-6-10-16/h11-16,27-28H,1-10H2. The minimum atomic E-state index is 0.296. The lowest BCUT2D eigenvalue weighted by atomic mass is 9.83. The van der Waals surface area contributed by atoms with Gasteiger partial charge in [0.05, 0.1) is 9.79 Å². The summed E-state index contributed by atoms with van der Waals surface area (Å²) in [5.74, 6) is 1.30. The largest absolute Gasteiger partial charge is 0.506 e. The summed E-state index contributed by atoms with van der Waals surface area (Å²) in [6.07, 6.45) is 11.7. The lowest BCUT2D eigenvalue weighted by Gasteiger charge is -2.25. The van der Waals surface area contributed by atoms with Crippen LogP contribution in [0.1, 0.15) is 87.2 Å². The molecule has 2 nitrogen and oxygen atoms in total. The molecule has 0 radical (unpaired) electrons. The number of halogens is 2. The Morgan fingerprint density at radius 1 is 0.621 bits per heavy atom. The van der Waals surface area contributed by atoms with E-state index in [2.05, 4.69) is 0 Å². The lowest BCUT2D eigenvalue weighted by molar-refractivity contribution is 0.407. The highest BCUT2D eigenvalue weighted by atomic mass is 35.5. The van der Waals surface area contributed by atoms with Crippen molar-refractivity contribution in [2.24, 2.45) is 0 Å². The van der Waals surface area contributed by atoms with Crippen molar-refractivity contribution >= 4 is 35.0 Å². The molecule has 2 aromatic carbocycles. The Morgan fingerprint density at radius 2 is 1.00 bits per heavy atom. The minimum absolute atomic E-state index is 0.296. The van der Waals surface area contributed by atoms with Gasteiger partial charge in [0.25, 0.3) is 0 Å². The molecule has 0 amide bonds. The molecule has 0 heterocycles. The number of hydrogen-bond acceptors (Lipinski definition) is 3. The van der Waals surface area contributed by atoms with Crippen LogP contribution in [-0.4, -0.2) is 10.2 Å². The van der Waals surface area contributed by atoms with Crippen molar-refractivity contribution < 1.29 is 10.2 Å². The van der Waals surface area contributed by atoms with E-state index in [1.165, 1.54) is 50.3 Å². The molecule has 4 rings (SSSR count). The lowest BCUT2D eigenvalue weighted by Crippen LogP contribution is -2.05. The fourth-order valence-electron chi connectivity index (χ4n) is 4.91. The molecule has 156 valence electrons. The maximum atomic E-state index is 11.0. The summed E-state index contributed by atoms with van der Waals surface area (Å²) in [4.78, 5) is 1.37. The Bertz CT molecular complexity index is 800.